The van der Waals surface area contributed by atoms with Gasteiger partial charge in [-0.15, -0.1) is 0 Å². The summed E-state index contributed by atoms with van der Waals surface area (Å²) < 4.78 is 5.33. The van der Waals surface area contributed by atoms with Crippen LogP contribution in [0.4, 0.5) is 5.82 Å². The Morgan fingerprint density at radius 1 is 1.36 bits per heavy atom. The van der Waals surface area contributed by atoms with Gasteiger partial charge in [-0.3, -0.25) is 4.79 Å². The van der Waals surface area contributed by atoms with Crippen molar-refractivity contribution in [3.05, 3.63) is 35.8 Å². The third kappa shape index (κ3) is 3.40. The second kappa shape index (κ2) is 6.52. The van der Waals surface area contributed by atoms with Crippen LogP contribution in [0.2, 0.25) is 0 Å². The van der Waals surface area contributed by atoms with Crippen LogP contribution in [0.5, 0.6) is 0 Å². The first-order valence-corrected chi connectivity index (χ1v) is 7.16. The lowest BCUT2D eigenvalue weighted by Gasteiger charge is -2.27. The van der Waals surface area contributed by atoms with E-state index in [1.807, 2.05) is 13.0 Å². The molecule has 0 saturated carbocycles. The van der Waals surface area contributed by atoms with Crippen molar-refractivity contribution in [2.75, 3.05) is 31.2 Å². The summed E-state index contributed by atoms with van der Waals surface area (Å²) in [6, 6.07) is 1.89. The van der Waals surface area contributed by atoms with Gasteiger partial charge in [0.1, 0.15) is 12.1 Å². The number of rotatable bonds is 4. The molecule has 0 aromatic carbocycles. The Morgan fingerprint density at radius 3 is 2.91 bits per heavy atom. The lowest BCUT2D eigenvalue weighted by Crippen LogP contribution is -2.37. The highest BCUT2D eigenvalue weighted by Crippen LogP contribution is 2.12. The number of aromatic amines is 1. The smallest absolute Gasteiger partial charge is 0.287 e. The normalized spacial score (nSPS) is 14.9. The van der Waals surface area contributed by atoms with E-state index in [1.165, 1.54) is 6.33 Å². The summed E-state index contributed by atoms with van der Waals surface area (Å²) in [5, 5.41) is 2.79. The van der Waals surface area contributed by atoms with Crippen molar-refractivity contribution in [3.63, 3.8) is 0 Å². The highest BCUT2D eigenvalue weighted by Gasteiger charge is 2.14. The van der Waals surface area contributed by atoms with Crippen LogP contribution in [0.15, 0.2) is 18.6 Å². The zero-order valence-electron chi connectivity index (χ0n) is 12.4. The van der Waals surface area contributed by atoms with E-state index >= 15 is 0 Å². The molecule has 116 valence electrons. The number of ether oxygens (including phenoxy) is 1. The van der Waals surface area contributed by atoms with Gasteiger partial charge in [0.25, 0.3) is 5.91 Å². The van der Waals surface area contributed by atoms with E-state index < -0.39 is 0 Å². The molecule has 1 aliphatic heterocycles. The predicted molar refractivity (Wildman–Crippen MR) is 79.6 cm³/mol. The molecule has 1 fully saturated rings. The van der Waals surface area contributed by atoms with E-state index in [1.54, 1.807) is 6.20 Å². The monoisotopic (exact) mass is 302 g/mol. The number of hydrogen-bond donors (Lipinski definition) is 2. The molecule has 0 atom stereocenters. The van der Waals surface area contributed by atoms with Gasteiger partial charge in [-0.2, -0.15) is 0 Å². The lowest BCUT2D eigenvalue weighted by molar-refractivity contribution is 0.0941. The van der Waals surface area contributed by atoms with Crippen molar-refractivity contribution in [1.82, 2.24) is 25.3 Å². The lowest BCUT2D eigenvalue weighted by atomic mass is 10.3. The minimum atomic E-state index is -0.250. The average molecular weight is 302 g/mol. The van der Waals surface area contributed by atoms with Crippen LogP contribution >= 0.6 is 0 Å². The first kappa shape index (κ1) is 14.5. The van der Waals surface area contributed by atoms with E-state index in [9.17, 15) is 4.79 Å². The van der Waals surface area contributed by atoms with Gasteiger partial charge in [-0.05, 0) is 6.92 Å². The van der Waals surface area contributed by atoms with Crippen molar-refractivity contribution in [1.29, 1.82) is 0 Å². The van der Waals surface area contributed by atoms with Crippen LogP contribution in [0.25, 0.3) is 0 Å². The molecular formula is C14H18N6O2. The number of imidazole rings is 1. The fourth-order valence-corrected chi connectivity index (χ4v) is 2.23. The number of amides is 1. The molecule has 0 aliphatic carbocycles. The van der Waals surface area contributed by atoms with Crippen LogP contribution in [0.1, 0.15) is 22.0 Å². The van der Waals surface area contributed by atoms with Crippen LogP contribution in [0, 0.1) is 6.92 Å². The Labute approximate surface area is 127 Å². The van der Waals surface area contributed by atoms with Crippen LogP contribution in [-0.4, -0.2) is 52.1 Å². The molecule has 2 aromatic rings. The topological polar surface area (TPSA) is 96.0 Å². The van der Waals surface area contributed by atoms with Crippen LogP contribution in [0.3, 0.4) is 0 Å². The summed E-state index contributed by atoms with van der Waals surface area (Å²) in [7, 11) is 0. The molecule has 1 amide bonds. The zero-order valence-corrected chi connectivity index (χ0v) is 12.4. The van der Waals surface area contributed by atoms with Crippen molar-refractivity contribution in [3.8, 4) is 0 Å². The molecule has 0 radical (unpaired) electrons. The van der Waals surface area contributed by atoms with Gasteiger partial charge in [0.05, 0.1) is 25.5 Å². The van der Waals surface area contributed by atoms with Gasteiger partial charge < -0.3 is 19.9 Å². The number of carbonyl (C=O) groups is 1. The number of hydrogen-bond acceptors (Lipinski definition) is 6. The number of anilines is 1. The number of carbonyl (C=O) groups excluding carboxylic acids is 1. The van der Waals surface area contributed by atoms with Crippen LogP contribution < -0.4 is 10.2 Å². The Balaban J connectivity index is 1.61. The minimum Gasteiger partial charge on any atom is -0.378 e. The largest absolute Gasteiger partial charge is 0.378 e. The SMILES string of the molecule is Cc1cnc(C(=O)NCc2cc(N3CCOCC3)ncn2)[nH]1. The summed E-state index contributed by atoms with van der Waals surface area (Å²) >= 11 is 0. The highest BCUT2D eigenvalue weighted by molar-refractivity contribution is 5.90. The third-order valence-electron chi connectivity index (χ3n) is 3.39. The quantitative estimate of drug-likeness (QED) is 0.842. The summed E-state index contributed by atoms with van der Waals surface area (Å²) in [5.74, 6) is 0.913. The number of nitrogens with one attached hydrogen (secondary N) is 2. The Kier molecular flexibility index (Phi) is 4.29. The fourth-order valence-electron chi connectivity index (χ4n) is 2.23. The van der Waals surface area contributed by atoms with E-state index in [4.69, 9.17) is 4.74 Å². The van der Waals surface area contributed by atoms with Gasteiger partial charge in [-0.25, -0.2) is 15.0 Å². The molecule has 8 heteroatoms. The summed E-state index contributed by atoms with van der Waals surface area (Å²) in [6.45, 7) is 5.21. The van der Waals surface area contributed by atoms with Crippen molar-refractivity contribution < 1.29 is 9.53 Å². The molecular weight excluding hydrogens is 284 g/mol. The molecule has 0 bridgehead atoms. The van der Waals surface area contributed by atoms with Gasteiger partial charge >= 0.3 is 0 Å². The first-order valence-electron chi connectivity index (χ1n) is 7.16. The van der Waals surface area contributed by atoms with E-state index in [-0.39, 0.29) is 5.91 Å². The molecule has 1 saturated heterocycles. The highest BCUT2D eigenvalue weighted by atomic mass is 16.5. The first-order chi connectivity index (χ1) is 10.7. The molecule has 3 heterocycles. The molecule has 2 aromatic heterocycles. The van der Waals surface area contributed by atoms with Gasteiger partial charge in [-0.1, -0.05) is 0 Å². The number of aromatic nitrogens is 4. The third-order valence-corrected chi connectivity index (χ3v) is 3.39. The number of nitrogens with zero attached hydrogens (tertiary/aromatic N) is 4. The van der Waals surface area contributed by atoms with Crippen LogP contribution in [-0.2, 0) is 11.3 Å². The summed E-state index contributed by atoms with van der Waals surface area (Å²) in [4.78, 5) is 29.5. The van der Waals surface area contributed by atoms with Gasteiger partial charge in [0, 0.05) is 31.0 Å². The molecule has 2 N–H and O–H groups in total. The molecule has 0 spiro atoms. The minimum absolute atomic E-state index is 0.250. The maximum absolute atomic E-state index is 11.9. The fraction of sp³-hybridized carbons (Fsp3) is 0.429. The maximum atomic E-state index is 11.9. The van der Waals surface area contributed by atoms with Crippen molar-refractivity contribution in [2.45, 2.75) is 13.5 Å². The second-order valence-corrected chi connectivity index (χ2v) is 5.06. The standard InChI is InChI=1S/C14H18N6O2/c1-10-7-15-13(19-10)14(21)16-8-11-6-12(18-9-17-11)20-2-4-22-5-3-20/h6-7,9H,2-5,8H2,1H3,(H,15,19)(H,16,21). The van der Waals surface area contributed by atoms with E-state index in [0.717, 1.165) is 30.3 Å². The summed E-state index contributed by atoms with van der Waals surface area (Å²) in [5.41, 5.74) is 1.61. The Morgan fingerprint density at radius 2 is 2.18 bits per heavy atom. The maximum Gasteiger partial charge on any atom is 0.287 e. The summed E-state index contributed by atoms with van der Waals surface area (Å²) in [6.07, 6.45) is 3.14. The molecule has 3 rings (SSSR count). The molecule has 0 unspecified atom stereocenters. The Hall–Kier alpha value is -2.48. The van der Waals surface area contributed by atoms with Crippen molar-refractivity contribution in [2.24, 2.45) is 0 Å². The predicted octanol–water partition coefficient (Wildman–Crippen LogP) is 0.275. The molecule has 1 aliphatic rings. The second-order valence-electron chi connectivity index (χ2n) is 5.06. The van der Waals surface area contributed by atoms with Crippen molar-refractivity contribution >= 4 is 11.7 Å². The van der Waals surface area contributed by atoms with E-state index in [0.29, 0.717) is 25.6 Å². The van der Waals surface area contributed by atoms with Gasteiger partial charge in [0.15, 0.2) is 5.82 Å². The Bertz CT molecular complexity index is 650. The number of H-pyrrole nitrogens is 1. The molecule has 8 nitrogen and oxygen atoms in total. The average Bonchev–Trinajstić information content (AvgIpc) is 3.00. The van der Waals surface area contributed by atoms with Gasteiger partial charge in [0.2, 0.25) is 0 Å². The van der Waals surface area contributed by atoms with E-state index in [2.05, 4.69) is 30.2 Å². The number of aryl methyl sites for hydroxylation is 1. The number of morpholine rings is 1. The molecule has 22 heavy (non-hydrogen) atoms. The zero-order chi connectivity index (χ0) is 15.4.